The van der Waals surface area contributed by atoms with E-state index in [9.17, 15) is 0 Å². The Bertz CT molecular complexity index is 1260. The first-order valence-corrected chi connectivity index (χ1v) is 12.8. The van der Waals surface area contributed by atoms with E-state index in [4.69, 9.17) is 4.98 Å². The van der Waals surface area contributed by atoms with Crippen LogP contribution in [0.3, 0.4) is 0 Å². The highest BCUT2D eigenvalue weighted by Crippen LogP contribution is 2.40. The summed E-state index contributed by atoms with van der Waals surface area (Å²) in [4.78, 5) is 5.12. The van der Waals surface area contributed by atoms with Gasteiger partial charge >= 0.3 is 0 Å². The quantitative estimate of drug-likeness (QED) is 0.294. The molecule has 1 saturated heterocycles. The first-order valence-electron chi connectivity index (χ1n) is 9.78. The Balaban J connectivity index is 1.71. The Kier molecular flexibility index (Phi) is 5.93. The number of hydrogen-bond donors (Lipinski definition) is 1. The minimum Gasteiger partial charge on any atom is -0.330 e. The normalized spacial score (nSPS) is 17.5. The SMILES string of the molecule is Cc1cc(Nc2c(Br)c(C3CCCN(Br)C3)nc3c(-c4cnn(C)c4Br)cnn23)sn1. The van der Waals surface area contributed by atoms with Crippen molar-refractivity contribution in [2.45, 2.75) is 25.7 Å². The fourth-order valence-electron chi connectivity index (χ4n) is 3.86. The Morgan fingerprint density at radius 1 is 1.19 bits per heavy atom. The Morgan fingerprint density at radius 2 is 2.00 bits per heavy atom. The minimum absolute atomic E-state index is 0.302. The Labute approximate surface area is 208 Å². The van der Waals surface area contributed by atoms with Crippen molar-refractivity contribution in [3.05, 3.63) is 38.9 Å². The van der Waals surface area contributed by atoms with Gasteiger partial charge in [-0.05, 0) is 69.2 Å². The van der Waals surface area contributed by atoms with Crippen molar-refractivity contribution in [1.82, 2.24) is 32.7 Å². The number of aromatic nitrogens is 6. The molecule has 31 heavy (non-hydrogen) atoms. The van der Waals surface area contributed by atoms with Crippen LogP contribution in [-0.4, -0.2) is 45.8 Å². The first-order chi connectivity index (χ1) is 14.9. The van der Waals surface area contributed by atoms with E-state index in [0.29, 0.717) is 5.92 Å². The molecule has 1 atom stereocenters. The molecule has 0 spiro atoms. The highest BCUT2D eigenvalue weighted by atomic mass is 79.9. The van der Waals surface area contributed by atoms with Crippen LogP contribution in [0.4, 0.5) is 10.8 Å². The van der Waals surface area contributed by atoms with Gasteiger partial charge in [0.05, 0.1) is 33.8 Å². The van der Waals surface area contributed by atoms with E-state index in [1.165, 1.54) is 11.5 Å². The van der Waals surface area contributed by atoms with Gasteiger partial charge in [-0.15, -0.1) is 0 Å². The van der Waals surface area contributed by atoms with E-state index in [1.807, 2.05) is 36.9 Å². The maximum absolute atomic E-state index is 5.12. The number of fused-ring (bicyclic) bond motifs is 1. The fourth-order valence-corrected chi connectivity index (χ4v) is 6.20. The molecule has 5 rings (SSSR count). The molecule has 1 fully saturated rings. The van der Waals surface area contributed by atoms with E-state index in [-0.39, 0.29) is 0 Å². The van der Waals surface area contributed by atoms with E-state index in [2.05, 4.69) is 71.8 Å². The third-order valence-electron chi connectivity index (χ3n) is 5.40. The van der Waals surface area contributed by atoms with Crippen LogP contribution < -0.4 is 5.32 Å². The molecule has 0 radical (unpaired) electrons. The Morgan fingerprint density at radius 3 is 2.68 bits per heavy atom. The van der Waals surface area contributed by atoms with Crippen molar-refractivity contribution in [3.63, 3.8) is 0 Å². The second-order valence-electron chi connectivity index (χ2n) is 7.59. The predicted molar refractivity (Wildman–Crippen MR) is 133 cm³/mol. The van der Waals surface area contributed by atoms with Crippen molar-refractivity contribution in [3.8, 4) is 11.1 Å². The highest BCUT2D eigenvalue weighted by molar-refractivity contribution is 9.11. The largest absolute Gasteiger partial charge is 0.330 e. The van der Waals surface area contributed by atoms with Crippen LogP contribution in [0.5, 0.6) is 0 Å². The number of piperidine rings is 1. The molecule has 1 N–H and O–H groups in total. The van der Waals surface area contributed by atoms with Crippen LogP contribution in [0, 0.1) is 6.92 Å². The van der Waals surface area contributed by atoms with Crippen molar-refractivity contribution in [2.75, 3.05) is 18.4 Å². The maximum atomic E-state index is 5.12. The first kappa shape index (κ1) is 21.5. The van der Waals surface area contributed by atoms with E-state index >= 15 is 0 Å². The summed E-state index contributed by atoms with van der Waals surface area (Å²) in [7, 11) is 1.90. The molecule has 1 aliphatic rings. The molecule has 0 aromatic carbocycles. The smallest absolute Gasteiger partial charge is 0.165 e. The predicted octanol–water partition coefficient (Wildman–Crippen LogP) is 5.65. The standard InChI is InChI=1S/C19H19Br3N8S/c1-10-6-14(31-27-10)25-19-15(20)16(11-4-3-5-29(22)9-11)26-18-13(8-24-30(18)19)12-7-23-28(2)17(12)21/h6-8,11,25H,3-5,9H2,1-2H3. The molecule has 1 unspecified atom stereocenters. The number of nitrogens with zero attached hydrogens (tertiary/aromatic N) is 7. The van der Waals surface area contributed by atoms with Gasteiger partial charge < -0.3 is 5.32 Å². The van der Waals surface area contributed by atoms with Gasteiger partial charge in [0.15, 0.2) is 11.5 Å². The van der Waals surface area contributed by atoms with Gasteiger partial charge in [0.25, 0.3) is 0 Å². The average Bonchev–Trinajstić information content (AvgIpc) is 3.43. The molecular weight excluding hydrogens is 612 g/mol. The zero-order chi connectivity index (χ0) is 21.7. The van der Waals surface area contributed by atoms with Gasteiger partial charge in [0, 0.05) is 47.8 Å². The second kappa shape index (κ2) is 8.54. The van der Waals surface area contributed by atoms with E-state index in [0.717, 1.165) is 74.0 Å². The van der Waals surface area contributed by atoms with Gasteiger partial charge in [-0.25, -0.2) is 8.91 Å². The summed E-state index contributed by atoms with van der Waals surface area (Å²) < 4.78 is 12.1. The molecule has 162 valence electrons. The molecule has 12 heteroatoms. The van der Waals surface area contributed by atoms with Crippen molar-refractivity contribution >= 4 is 76.0 Å². The lowest BCUT2D eigenvalue weighted by atomic mass is 9.95. The minimum atomic E-state index is 0.302. The van der Waals surface area contributed by atoms with Gasteiger partial charge in [-0.1, -0.05) is 0 Å². The van der Waals surface area contributed by atoms with Gasteiger partial charge in [0.1, 0.15) is 9.60 Å². The highest BCUT2D eigenvalue weighted by Gasteiger charge is 2.28. The maximum Gasteiger partial charge on any atom is 0.165 e. The monoisotopic (exact) mass is 628 g/mol. The zero-order valence-corrected chi connectivity index (χ0v) is 22.4. The molecule has 1 aliphatic heterocycles. The van der Waals surface area contributed by atoms with Crippen molar-refractivity contribution < 1.29 is 0 Å². The summed E-state index contributed by atoms with van der Waals surface area (Å²) in [5.74, 6) is 1.15. The average molecular weight is 631 g/mol. The number of aryl methyl sites for hydroxylation is 2. The zero-order valence-electron chi connectivity index (χ0n) is 16.8. The molecular formula is C19H19Br3N8S. The third kappa shape index (κ3) is 3.97. The molecule has 8 nitrogen and oxygen atoms in total. The second-order valence-corrected chi connectivity index (χ2v) is 10.9. The third-order valence-corrected chi connectivity index (χ3v) is 8.56. The number of rotatable bonds is 4. The molecule has 5 heterocycles. The lowest BCUT2D eigenvalue weighted by molar-refractivity contribution is 0.348. The lowest BCUT2D eigenvalue weighted by Gasteiger charge is -2.28. The number of nitrogens with one attached hydrogen (secondary N) is 1. The summed E-state index contributed by atoms with van der Waals surface area (Å²) in [6, 6.07) is 2.03. The van der Waals surface area contributed by atoms with E-state index < -0.39 is 0 Å². The summed E-state index contributed by atoms with van der Waals surface area (Å²) in [6.45, 7) is 3.94. The van der Waals surface area contributed by atoms with Gasteiger partial charge in [-0.2, -0.15) is 19.1 Å². The molecule has 0 bridgehead atoms. The molecule has 0 amide bonds. The fraction of sp³-hybridized carbons (Fsp3) is 0.368. The van der Waals surface area contributed by atoms with Gasteiger partial charge in [0.2, 0.25) is 0 Å². The summed E-state index contributed by atoms with van der Waals surface area (Å²) in [5.41, 5.74) is 4.70. The van der Waals surface area contributed by atoms with Crippen LogP contribution >= 0.6 is 59.5 Å². The van der Waals surface area contributed by atoms with Crippen LogP contribution in [0.2, 0.25) is 0 Å². The topological polar surface area (TPSA) is 76.2 Å². The van der Waals surface area contributed by atoms with Crippen LogP contribution in [0.25, 0.3) is 16.8 Å². The van der Waals surface area contributed by atoms with Crippen LogP contribution in [0.1, 0.15) is 30.1 Å². The molecule has 4 aromatic heterocycles. The lowest BCUT2D eigenvalue weighted by Crippen LogP contribution is -2.27. The van der Waals surface area contributed by atoms with Crippen LogP contribution in [0.15, 0.2) is 27.5 Å². The van der Waals surface area contributed by atoms with Crippen molar-refractivity contribution in [2.24, 2.45) is 7.05 Å². The summed E-state index contributed by atoms with van der Waals surface area (Å²) in [5, 5.41) is 13.5. The number of anilines is 2. The van der Waals surface area contributed by atoms with Gasteiger partial charge in [-0.3, -0.25) is 4.68 Å². The molecule has 4 aromatic rings. The molecule has 0 saturated carbocycles. The summed E-state index contributed by atoms with van der Waals surface area (Å²) >= 11 is 12.6. The Hall–Kier alpha value is -1.34. The van der Waals surface area contributed by atoms with E-state index in [1.54, 1.807) is 4.68 Å². The number of halogens is 3. The summed E-state index contributed by atoms with van der Waals surface area (Å²) in [6.07, 6.45) is 5.89. The van der Waals surface area contributed by atoms with Crippen molar-refractivity contribution in [1.29, 1.82) is 0 Å². The van der Waals surface area contributed by atoms with Crippen LogP contribution in [-0.2, 0) is 7.05 Å². The molecule has 0 aliphatic carbocycles. The number of hydrogen-bond acceptors (Lipinski definition) is 7.